The summed E-state index contributed by atoms with van der Waals surface area (Å²) in [6.45, 7) is 4.57. The van der Waals surface area contributed by atoms with E-state index in [-0.39, 0.29) is 5.69 Å². The lowest BCUT2D eigenvalue weighted by Gasteiger charge is -2.07. The van der Waals surface area contributed by atoms with Gasteiger partial charge in [-0.2, -0.15) is 0 Å². The Hall–Kier alpha value is -2.02. The summed E-state index contributed by atoms with van der Waals surface area (Å²) in [6.07, 6.45) is 1.52. The van der Waals surface area contributed by atoms with E-state index in [1.165, 1.54) is 23.0 Å². The topological polar surface area (TPSA) is 88.0 Å². The van der Waals surface area contributed by atoms with Crippen LogP contribution in [-0.4, -0.2) is 26.0 Å². The van der Waals surface area contributed by atoms with Gasteiger partial charge in [-0.1, -0.05) is 13.8 Å². The summed E-state index contributed by atoms with van der Waals surface area (Å²) in [5, 5.41) is 14.1. The van der Waals surface area contributed by atoms with Crippen LogP contribution in [0.3, 0.4) is 0 Å². The van der Waals surface area contributed by atoms with Crippen molar-refractivity contribution in [3.8, 4) is 0 Å². The Morgan fingerprint density at radius 1 is 1.47 bits per heavy atom. The van der Waals surface area contributed by atoms with E-state index in [1.54, 1.807) is 0 Å². The maximum Gasteiger partial charge on any atom is 0.355 e. The first-order valence-corrected chi connectivity index (χ1v) is 6.67. The number of aromatic carboxylic acids is 1. The van der Waals surface area contributed by atoms with Gasteiger partial charge in [0, 0.05) is 17.1 Å². The van der Waals surface area contributed by atoms with Crippen LogP contribution in [0.15, 0.2) is 17.8 Å². The van der Waals surface area contributed by atoms with Gasteiger partial charge in [-0.3, -0.25) is 0 Å². The summed E-state index contributed by atoms with van der Waals surface area (Å²) < 4.78 is 0. The van der Waals surface area contributed by atoms with E-state index in [0.717, 1.165) is 5.69 Å². The monoisotopic (exact) mass is 278 g/mol. The predicted molar refractivity (Wildman–Crippen MR) is 72.5 cm³/mol. The van der Waals surface area contributed by atoms with E-state index in [9.17, 15) is 4.79 Å². The van der Waals surface area contributed by atoms with Crippen LogP contribution in [-0.2, 0) is 6.54 Å². The lowest BCUT2D eigenvalue weighted by Crippen LogP contribution is -2.04. The zero-order chi connectivity index (χ0) is 13.8. The van der Waals surface area contributed by atoms with Crippen LogP contribution in [0, 0.1) is 0 Å². The highest BCUT2D eigenvalue weighted by Gasteiger charge is 2.09. The number of hydrogen-bond donors (Lipinski definition) is 2. The minimum atomic E-state index is -1.01. The molecule has 2 aromatic rings. The molecule has 2 aromatic heterocycles. The molecule has 0 aromatic carbocycles. The molecule has 19 heavy (non-hydrogen) atoms. The SMILES string of the molecule is CC(C)c1cc(NCc2nc(C(=O)O)cs2)ncn1. The standard InChI is InChI=1S/C12H14N4O2S/c1-7(2)8-3-10(15-6-14-8)13-4-11-16-9(5-19-11)12(17)18/h3,5-7H,4H2,1-2H3,(H,17,18)(H,13,14,15). The number of carboxylic acid groups (broad SMARTS) is 1. The molecule has 6 nitrogen and oxygen atoms in total. The Kier molecular flexibility index (Phi) is 4.06. The van der Waals surface area contributed by atoms with Crippen LogP contribution in [0.5, 0.6) is 0 Å². The van der Waals surface area contributed by atoms with Crippen molar-refractivity contribution in [3.63, 3.8) is 0 Å². The molecule has 100 valence electrons. The van der Waals surface area contributed by atoms with Gasteiger partial charge in [0.1, 0.15) is 17.2 Å². The highest BCUT2D eigenvalue weighted by molar-refractivity contribution is 7.09. The Bertz CT molecular complexity index is 583. The molecule has 0 spiro atoms. The summed E-state index contributed by atoms with van der Waals surface area (Å²) in [5.41, 5.74) is 1.04. The van der Waals surface area contributed by atoms with Crippen molar-refractivity contribution in [2.24, 2.45) is 0 Å². The van der Waals surface area contributed by atoms with Crippen molar-refractivity contribution < 1.29 is 9.90 Å². The Morgan fingerprint density at radius 2 is 2.26 bits per heavy atom. The van der Waals surface area contributed by atoms with Crippen LogP contribution in [0.2, 0.25) is 0 Å². The molecule has 7 heteroatoms. The molecule has 0 aliphatic rings. The molecule has 2 rings (SSSR count). The van der Waals surface area contributed by atoms with Gasteiger partial charge in [0.15, 0.2) is 5.69 Å². The van der Waals surface area contributed by atoms with Gasteiger partial charge in [0.05, 0.1) is 6.54 Å². The summed E-state index contributed by atoms with van der Waals surface area (Å²) >= 11 is 1.31. The van der Waals surface area contributed by atoms with Crippen molar-refractivity contribution in [2.75, 3.05) is 5.32 Å². The molecule has 0 amide bonds. The fraction of sp³-hybridized carbons (Fsp3) is 0.333. The van der Waals surface area contributed by atoms with Gasteiger partial charge in [-0.05, 0) is 5.92 Å². The van der Waals surface area contributed by atoms with Crippen molar-refractivity contribution in [1.82, 2.24) is 15.0 Å². The zero-order valence-corrected chi connectivity index (χ0v) is 11.4. The van der Waals surface area contributed by atoms with Crippen LogP contribution in [0.1, 0.15) is 41.0 Å². The second-order valence-electron chi connectivity index (χ2n) is 4.27. The molecule has 0 aliphatic heterocycles. The van der Waals surface area contributed by atoms with E-state index in [1.807, 2.05) is 6.07 Å². The van der Waals surface area contributed by atoms with Crippen molar-refractivity contribution in [3.05, 3.63) is 34.2 Å². The normalized spacial score (nSPS) is 10.7. The Labute approximate surface area is 114 Å². The van der Waals surface area contributed by atoms with E-state index >= 15 is 0 Å². The van der Waals surface area contributed by atoms with E-state index < -0.39 is 5.97 Å². The van der Waals surface area contributed by atoms with Gasteiger partial charge in [0.25, 0.3) is 0 Å². The van der Waals surface area contributed by atoms with Gasteiger partial charge in [-0.15, -0.1) is 11.3 Å². The number of nitrogens with one attached hydrogen (secondary N) is 1. The summed E-state index contributed by atoms with van der Waals surface area (Å²) in [7, 11) is 0. The largest absolute Gasteiger partial charge is 0.476 e. The number of aromatic nitrogens is 3. The molecule has 0 aliphatic carbocycles. The summed E-state index contributed by atoms with van der Waals surface area (Å²) in [5.74, 6) is 0.0411. The highest BCUT2D eigenvalue weighted by atomic mass is 32.1. The summed E-state index contributed by atoms with van der Waals surface area (Å²) in [6, 6.07) is 1.89. The minimum Gasteiger partial charge on any atom is -0.476 e. The highest BCUT2D eigenvalue weighted by Crippen LogP contribution is 2.15. The molecule has 2 N–H and O–H groups in total. The molecule has 0 radical (unpaired) electrons. The third kappa shape index (κ3) is 3.47. The summed E-state index contributed by atoms with van der Waals surface area (Å²) in [4.78, 5) is 23.0. The molecular weight excluding hydrogens is 264 g/mol. The number of hydrogen-bond acceptors (Lipinski definition) is 6. The first-order chi connectivity index (χ1) is 9.06. The first kappa shape index (κ1) is 13.4. The molecule has 2 heterocycles. The van der Waals surface area contributed by atoms with Crippen molar-refractivity contribution in [2.45, 2.75) is 26.3 Å². The predicted octanol–water partition coefficient (Wildman–Crippen LogP) is 2.37. The van der Waals surface area contributed by atoms with Crippen LogP contribution < -0.4 is 5.32 Å². The van der Waals surface area contributed by atoms with Crippen LogP contribution in [0.25, 0.3) is 0 Å². The van der Waals surface area contributed by atoms with Crippen molar-refractivity contribution >= 4 is 23.1 Å². The third-order valence-corrected chi connectivity index (χ3v) is 3.32. The van der Waals surface area contributed by atoms with Gasteiger partial charge in [-0.25, -0.2) is 19.7 Å². The van der Waals surface area contributed by atoms with E-state index in [2.05, 4.69) is 34.1 Å². The maximum absolute atomic E-state index is 10.7. The molecule has 0 fully saturated rings. The molecule has 0 saturated heterocycles. The number of thiazole rings is 1. The second kappa shape index (κ2) is 5.75. The number of anilines is 1. The van der Waals surface area contributed by atoms with Crippen LogP contribution in [0.4, 0.5) is 5.82 Å². The van der Waals surface area contributed by atoms with Crippen molar-refractivity contribution in [1.29, 1.82) is 0 Å². The molecular formula is C12H14N4O2S. The molecule has 0 bridgehead atoms. The van der Waals surface area contributed by atoms with Gasteiger partial charge >= 0.3 is 5.97 Å². The first-order valence-electron chi connectivity index (χ1n) is 5.79. The Balaban J connectivity index is 2.01. The lowest BCUT2D eigenvalue weighted by atomic mass is 10.1. The fourth-order valence-corrected chi connectivity index (χ4v) is 2.15. The number of carboxylic acids is 1. The molecule has 0 saturated carbocycles. The average Bonchev–Trinajstić information content (AvgIpc) is 2.85. The van der Waals surface area contributed by atoms with Crippen LogP contribution >= 0.6 is 11.3 Å². The quantitative estimate of drug-likeness (QED) is 0.873. The molecule has 0 unspecified atom stereocenters. The average molecular weight is 278 g/mol. The number of rotatable bonds is 5. The number of nitrogens with zero attached hydrogens (tertiary/aromatic N) is 3. The van der Waals surface area contributed by atoms with Gasteiger partial charge < -0.3 is 10.4 Å². The lowest BCUT2D eigenvalue weighted by molar-refractivity contribution is 0.0691. The second-order valence-corrected chi connectivity index (χ2v) is 5.21. The fourth-order valence-electron chi connectivity index (χ4n) is 1.44. The minimum absolute atomic E-state index is 0.0763. The molecule has 0 atom stereocenters. The smallest absolute Gasteiger partial charge is 0.355 e. The van der Waals surface area contributed by atoms with Gasteiger partial charge in [0.2, 0.25) is 0 Å². The number of carbonyl (C=O) groups is 1. The maximum atomic E-state index is 10.7. The zero-order valence-electron chi connectivity index (χ0n) is 10.6. The Morgan fingerprint density at radius 3 is 2.89 bits per heavy atom. The van der Waals surface area contributed by atoms with E-state index in [0.29, 0.717) is 23.3 Å². The van der Waals surface area contributed by atoms with E-state index in [4.69, 9.17) is 5.11 Å². The third-order valence-electron chi connectivity index (χ3n) is 2.47.